The Hall–Kier alpha value is -1.39. The summed E-state index contributed by atoms with van der Waals surface area (Å²) < 4.78 is 1.95. The van der Waals surface area contributed by atoms with Crippen LogP contribution in [-0.4, -0.2) is 38.9 Å². The van der Waals surface area contributed by atoms with Gasteiger partial charge in [0, 0.05) is 31.1 Å². The standard InChI is InChI=1S/C14H22N4O/c1-3-10(4-2)14(19)17-7-12(8-17)18-9-13(15-16-18)11-5-6-11/h9-12H,3-8H2,1-2H3. The molecule has 1 saturated heterocycles. The Morgan fingerprint density at radius 2 is 2.05 bits per heavy atom. The van der Waals surface area contributed by atoms with Gasteiger partial charge in [0.2, 0.25) is 5.91 Å². The highest BCUT2D eigenvalue weighted by molar-refractivity contribution is 5.79. The molecule has 19 heavy (non-hydrogen) atoms. The first-order valence-electron chi connectivity index (χ1n) is 7.43. The molecule has 2 fully saturated rings. The second-order valence-corrected chi connectivity index (χ2v) is 5.81. The van der Waals surface area contributed by atoms with E-state index in [1.807, 2.05) is 9.58 Å². The van der Waals surface area contributed by atoms with E-state index in [2.05, 4.69) is 30.4 Å². The molecular weight excluding hydrogens is 240 g/mol. The van der Waals surface area contributed by atoms with Crippen LogP contribution < -0.4 is 0 Å². The van der Waals surface area contributed by atoms with Crippen LogP contribution in [0.5, 0.6) is 0 Å². The summed E-state index contributed by atoms with van der Waals surface area (Å²) in [5, 5.41) is 8.44. The molecule has 2 heterocycles. The van der Waals surface area contributed by atoms with Gasteiger partial charge in [0.1, 0.15) is 0 Å². The van der Waals surface area contributed by atoms with Crippen LogP contribution in [0.4, 0.5) is 0 Å². The average molecular weight is 262 g/mol. The maximum atomic E-state index is 12.2. The van der Waals surface area contributed by atoms with Gasteiger partial charge in [-0.2, -0.15) is 0 Å². The van der Waals surface area contributed by atoms with E-state index in [1.165, 1.54) is 12.8 Å². The zero-order chi connectivity index (χ0) is 13.4. The highest BCUT2D eigenvalue weighted by Gasteiger charge is 2.36. The van der Waals surface area contributed by atoms with Crippen LogP contribution in [0.25, 0.3) is 0 Å². The first kappa shape index (κ1) is 12.6. The van der Waals surface area contributed by atoms with Crippen LogP contribution in [0.2, 0.25) is 0 Å². The van der Waals surface area contributed by atoms with Gasteiger partial charge >= 0.3 is 0 Å². The van der Waals surface area contributed by atoms with Gasteiger partial charge < -0.3 is 4.90 Å². The first-order chi connectivity index (χ1) is 9.22. The summed E-state index contributed by atoms with van der Waals surface area (Å²) in [6, 6.07) is 0.332. The Bertz CT molecular complexity index is 456. The van der Waals surface area contributed by atoms with Gasteiger partial charge in [-0.3, -0.25) is 4.79 Å². The van der Waals surface area contributed by atoms with E-state index in [4.69, 9.17) is 0 Å². The third-order valence-electron chi connectivity index (χ3n) is 4.41. The number of nitrogens with zero attached hydrogens (tertiary/aromatic N) is 4. The minimum absolute atomic E-state index is 0.193. The topological polar surface area (TPSA) is 51.0 Å². The molecule has 0 aromatic carbocycles. The van der Waals surface area contributed by atoms with Gasteiger partial charge in [-0.25, -0.2) is 4.68 Å². The van der Waals surface area contributed by atoms with Gasteiger partial charge in [0.05, 0.1) is 11.7 Å². The van der Waals surface area contributed by atoms with E-state index in [0.29, 0.717) is 17.9 Å². The van der Waals surface area contributed by atoms with Crippen molar-refractivity contribution in [3.05, 3.63) is 11.9 Å². The summed E-state index contributed by atoms with van der Waals surface area (Å²) in [5.74, 6) is 1.15. The van der Waals surface area contributed by atoms with Gasteiger partial charge in [-0.15, -0.1) is 5.10 Å². The minimum atomic E-state index is 0.193. The van der Waals surface area contributed by atoms with Gasteiger partial charge in [0.25, 0.3) is 0 Å². The fourth-order valence-corrected chi connectivity index (χ4v) is 2.73. The molecular formula is C14H22N4O. The van der Waals surface area contributed by atoms with E-state index in [0.717, 1.165) is 31.6 Å². The second-order valence-electron chi connectivity index (χ2n) is 5.81. The molecule has 1 amide bonds. The second kappa shape index (κ2) is 4.94. The summed E-state index contributed by atoms with van der Waals surface area (Å²) in [7, 11) is 0. The van der Waals surface area contributed by atoms with Crippen LogP contribution in [0.1, 0.15) is 57.2 Å². The molecule has 5 heteroatoms. The fraction of sp³-hybridized carbons (Fsp3) is 0.786. The highest BCUT2D eigenvalue weighted by atomic mass is 16.2. The van der Waals surface area contributed by atoms with Crippen molar-refractivity contribution >= 4 is 5.91 Å². The minimum Gasteiger partial charge on any atom is -0.338 e. The van der Waals surface area contributed by atoms with E-state index >= 15 is 0 Å². The van der Waals surface area contributed by atoms with Crippen LogP contribution in [-0.2, 0) is 4.79 Å². The van der Waals surface area contributed by atoms with E-state index in [1.54, 1.807) is 0 Å². The molecule has 0 spiro atoms. The summed E-state index contributed by atoms with van der Waals surface area (Å²) in [6.45, 7) is 5.76. The fourth-order valence-electron chi connectivity index (χ4n) is 2.73. The largest absolute Gasteiger partial charge is 0.338 e. The van der Waals surface area contributed by atoms with Crippen LogP contribution in [0.15, 0.2) is 6.20 Å². The monoisotopic (exact) mass is 262 g/mol. The van der Waals surface area contributed by atoms with Gasteiger partial charge in [0.15, 0.2) is 0 Å². The predicted octanol–water partition coefficient (Wildman–Crippen LogP) is 1.98. The molecule has 1 aliphatic heterocycles. The van der Waals surface area contributed by atoms with Crippen molar-refractivity contribution in [1.29, 1.82) is 0 Å². The molecule has 0 atom stereocenters. The maximum Gasteiger partial charge on any atom is 0.225 e. The zero-order valence-electron chi connectivity index (χ0n) is 11.7. The molecule has 2 aliphatic rings. The SMILES string of the molecule is CCC(CC)C(=O)N1CC(n2cc(C3CC3)nn2)C1. The number of hydrogen-bond donors (Lipinski definition) is 0. The molecule has 104 valence electrons. The molecule has 0 radical (unpaired) electrons. The van der Waals surface area contributed by atoms with Crippen molar-refractivity contribution in [2.24, 2.45) is 5.92 Å². The molecule has 0 N–H and O–H groups in total. The summed E-state index contributed by atoms with van der Waals surface area (Å²) >= 11 is 0. The number of hydrogen-bond acceptors (Lipinski definition) is 3. The lowest BCUT2D eigenvalue weighted by Gasteiger charge is -2.40. The van der Waals surface area contributed by atoms with Crippen molar-refractivity contribution < 1.29 is 4.79 Å². The molecule has 1 aromatic heterocycles. The Kier molecular flexibility index (Phi) is 3.29. The molecule has 1 aromatic rings. The van der Waals surface area contributed by atoms with Crippen LogP contribution in [0, 0.1) is 5.92 Å². The molecule has 1 aliphatic carbocycles. The Morgan fingerprint density at radius 3 is 2.63 bits per heavy atom. The third-order valence-corrected chi connectivity index (χ3v) is 4.41. The van der Waals surface area contributed by atoms with Crippen molar-refractivity contribution in [3.63, 3.8) is 0 Å². The number of likely N-dealkylation sites (tertiary alicyclic amines) is 1. The Morgan fingerprint density at radius 1 is 1.37 bits per heavy atom. The van der Waals surface area contributed by atoms with E-state index in [-0.39, 0.29) is 5.92 Å². The molecule has 1 saturated carbocycles. The highest BCUT2D eigenvalue weighted by Crippen LogP contribution is 2.39. The average Bonchev–Trinajstić information content (AvgIpc) is 3.09. The Balaban J connectivity index is 1.55. The summed E-state index contributed by atoms with van der Waals surface area (Å²) in [5.41, 5.74) is 1.13. The summed E-state index contributed by atoms with van der Waals surface area (Å²) in [4.78, 5) is 14.1. The lowest BCUT2D eigenvalue weighted by molar-refractivity contribution is -0.141. The van der Waals surface area contributed by atoms with Crippen LogP contribution >= 0.6 is 0 Å². The smallest absolute Gasteiger partial charge is 0.225 e. The van der Waals surface area contributed by atoms with Crippen molar-refractivity contribution in [2.45, 2.75) is 51.5 Å². The number of aromatic nitrogens is 3. The van der Waals surface area contributed by atoms with Gasteiger partial charge in [-0.05, 0) is 25.7 Å². The van der Waals surface area contributed by atoms with Crippen molar-refractivity contribution in [2.75, 3.05) is 13.1 Å². The zero-order valence-corrected chi connectivity index (χ0v) is 11.7. The number of rotatable bonds is 5. The van der Waals surface area contributed by atoms with E-state index < -0.39 is 0 Å². The van der Waals surface area contributed by atoms with Gasteiger partial charge in [-0.1, -0.05) is 19.1 Å². The quantitative estimate of drug-likeness (QED) is 0.815. The summed E-state index contributed by atoms with van der Waals surface area (Å²) in [6.07, 6.45) is 6.45. The number of carbonyl (C=O) groups is 1. The molecule has 0 bridgehead atoms. The number of amides is 1. The normalized spacial score (nSPS) is 19.8. The molecule has 3 rings (SSSR count). The first-order valence-corrected chi connectivity index (χ1v) is 7.43. The van der Waals surface area contributed by atoms with E-state index in [9.17, 15) is 4.79 Å². The van der Waals surface area contributed by atoms with Crippen LogP contribution in [0.3, 0.4) is 0 Å². The Labute approximate surface area is 114 Å². The van der Waals surface area contributed by atoms with Crippen molar-refractivity contribution in [3.8, 4) is 0 Å². The molecule has 0 unspecified atom stereocenters. The number of carbonyl (C=O) groups excluding carboxylic acids is 1. The maximum absolute atomic E-state index is 12.2. The third kappa shape index (κ3) is 2.38. The molecule has 5 nitrogen and oxygen atoms in total. The van der Waals surface area contributed by atoms with Crippen molar-refractivity contribution in [1.82, 2.24) is 19.9 Å². The lowest BCUT2D eigenvalue weighted by atomic mass is 9.98. The predicted molar refractivity (Wildman–Crippen MR) is 71.7 cm³/mol. The lowest BCUT2D eigenvalue weighted by Crippen LogP contribution is -2.52.